The number of rotatable bonds is 3. The van der Waals surface area contributed by atoms with Gasteiger partial charge in [0.1, 0.15) is 11.3 Å². The monoisotopic (exact) mass is 318 g/mol. The quantitative estimate of drug-likeness (QED) is 0.728. The third-order valence-electron chi connectivity index (χ3n) is 3.90. The van der Waals surface area contributed by atoms with Crippen LogP contribution in [0.25, 0.3) is 11.0 Å². The molecule has 24 heavy (non-hydrogen) atoms. The van der Waals surface area contributed by atoms with Crippen LogP contribution in [0, 0.1) is 24.7 Å². The fourth-order valence-electron chi connectivity index (χ4n) is 2.45. The van der Waals surface area contributed by atoms with Gasteiger partial charge in [-0.25, -0.2) is 0 Å². The van der Waals surface area contributed by atoms with Crippen molar-refractivity contribution in [3.05, 3.63) is 71.0 Å². The van der Waals surface area contributed by atoms with Crippen LogP contribution >= 0.6 is 0 Å². The van der Waals surface area contributed by atoms with Crippen LogP contribution in [0.3, 0.4) is 0 Å². The molecule has 3 rings (SSSR count). The number of furan rings is 1. The summed E-state index contributed by atoms with van der Waals surface area (Å²) in [6.07, 6.45) is 0.383. The highest BCUT2D eigenvalue weighted by Crippen LogP contribution is 2.22. The molecule has 0 aliphatic rings. The molecule has 0 radical (unpaired) electrons. The molecule has 0 spiro atoms. The number of hydrogen-bond acceptors (Lipinski definition) is 2. The Kier molecular flexibility index (Phi) is 4.39. The first-order valence-electron chi connectivity index (χ1n) is 7.85. The van der Waals surface area contributed by atoms with E-state index in [2.05, 4.69) is 11.8 Å². The summed E-state index contributed by atoms with van der Waals surface area (Å²) in [5, 5.41) is 9.94. The highest BCUT2D eigenvalue weighted by molar-refractivity contribution is 5.80. The smallest absolute Gasteiger partial charge is 0.306 e. The van der Waals surface area contributed by atoms with Gasteiger partial charge in [0.2, 0.25) is 0 Å². The first-order chi connectivity index (χ1) is 11.5. The molecule has 0 bridgehead atoms. The highest BCUT2D eigenvalue weighted by Gasteiger charge is 2.14. The number of carbonyl (C=O) groups is 1. The summed E-state index contributed by atoms with van der Waals surface area (Å²) >= 11 is 0. The van der Waals surface area contributed by atoms with Crippen molar-refractivity contribution in [3.8, 4) is 11.8 Å². The molecule has 1 unspecified atom stereocenters. The normalized spacial score (nSPS) is 11.8. The summed E-state index contributed by atoms with van der Waals surface area (Å²) in [6, 6.07) is 15.7. The Balaban J connectivity index is 1.84. The summed E-state index contributed by atoms with van der Waals surface area (Å²) in [5.41, 5.74) is 3.84. The Bertz CT molecular complexity index is 937. The van der Waals surface area contributed by atoms with Gasteiger partial charge in [-0.1, -0.05) is 36.5 Å². The van der Waals surface area contributed by atoms with Gasteiger partial charge in [0.15, 0.2) is 0 Å². The van der Waals surface area contributed by atoms with Gasteiger partial charge in [-0.15, -0.1) is 0 Å². The van der Waals surface area contributed by atoms with E-state index in [-0.39, 0.29) is 0 Å². The third-order valence-corrected chi connectivity index (χ3v) is 3.90. The van der Waals surface area contributed by atoms with Crippen LogP contribution in [0.5, 0.6) is 0 Å². The number of benzene rings is 2. The van der Waals surface area contributed by atoms with Crippen LogP contribution in [0.4, 0.5) is 0 Å². The summed E-state index contributed by atoms with van der Waals surface area (Å²) in [7, 11) is 0. The fraction of sp³-hybridized carbons (Fsp3) is 0.190. The second-order valence-electron chi connectivity index (χ2n) is 6.02. The van der Waals surface area contributed by atoms with E-state index in [4.69, 9.17) is 9.52 Å². The molecule has 0 aliphatic heterocycles. The molecular weight excluding hydrogens is 300 g/mol. The van der Waals surface area contributed by atoms with Gasteiger partial charge in [0.25, 0.3) is 0 Å². The first-order valence-corrected chi connectivity index (χ1v) is 7.85. The van der Waals surface area contributed by atoms with E-state index in [1.54, 1.807) is 6.92 Å². The Hall–Kier alpha value is -2.99. The summed E-state index contributed by atoms with van der Waals surface area (Å²) in [5.74, 6) is 5.70. The lowest BCUT2D eigenvalue weighted by Gasteiger charge is -2.01. The maximum absolute atomic E-state index is 11.0. The number of carboxylic acids is 1. The van der Waals surface area contributed by atoms with Crippen LogP contribution in [0.2, 0.25) is 0 Å². The molecule has 1 aromatic heterocycles. The maximum atomic E-state index is 11.0. The van der Waals surface area contributed by atoms with Crippen molar-refractivity contribution in [2.45, 2.75) is 20.3 Å². The number of carboxylic acid groups (broad SMARTS) is 1. The molecule has 0 saturated carbocycles. The van der Waals surface area contributed by atoms with Gasteiger partial charge in [0, 0.05) is 22.9 Å². The lowest BCUT2D eigenvalue weighted by Crippen LogP contribution is -2.11. The topological polar surface area (TPSA) is 50.4 Å². The predicted octanol–water partition coefficient (Wildman–Crippen LogP) is 4.40. The molecule has 3 heteroatoms. The first kappa shape index (κ1) is 15.9. The van der Waals surface area contributed by atoms with Crippen molar-refractivity contribution in [2.24, 2.45) is 5.92 Å². The fourth-order valence-corrected chi connectivity index (χ4v) is 2.45. The van der Waals surface area contributed by atoms with Crippen LogP contribution < -0.4 is 0 Å². The minimum Gasteiger partial charge on any atom is -0.481 e. The standard InChI is InChI=1S/C21H18O3/c1-14-3-5-16(6-4-14)7-8-17-9-10-20-18(12-17)13-19(24-20)11-15(2)21(22)23/h3-6,9-10,12-13,15H,11H2,1-2H3,(H,22,23). The molecule has 1 heterocycles. The third kappa shape index (κ3) is 3.67. The second-order valence-corrected chi connectivity index (χ2v) is 6.02. The molecule has 0 fully saturated rings. The van der Waals surface area contributed by atoms with Crippen molar-refractivity contribution in [2.75, 3.05) is 0 Å². The molecule has 0 amide bonds. The zero-order valence-electron chi connectivity index (χ0n) is 13.7. The Labute approximate surface area is 140 Å². The summed E-state index contributed by atoms with van der Waals surface area (Å²) in [6.45, 7) is 3.72. The van der Waals surface area contributed by atoms with E-state index in [0.29, 0.717) is 12.2 Å². The van der Waals surface area contributed by atoms with Gasteiger partial charge >= 0.3 is 5.97 Å². The van der Waals surface area contributed by atoms with Gasteiger partial charge in [-0.2, -0.15) is 0 Å². The Morgan fingerprint density at radius 3 is 2.46 bits per heavy atom. The molecule has 0 saturated heterocycles. The van der Waals surface area contributed by atoms with Gasteiger partial charge in [-0.05, 0) is 43.3 Å². The number of hydrogen-bond donors (Lipinski definition) is 1. The Morgan fingerprint density at radius 2 is 1.75 bits per heavy atom. The van der Waals surface area contributed by atoms with Gasteiger partial charge in [-0.3, -0.25) is 4.79 Å². The van der Waals surface area contributed by atoms with Crippen LogP contribution in [0.15, 0.2) is 52.9 Å². The minimum absolute atomic E-state index is 0.383. The molecule has 1 atom stereocenters. The molecule has 3 aromatic rings. The number of aryl methyl sites for hydroxylation is 1. The van der Waals surface area contributed by atoms with Crippen molar-refractivity contribution in [1.29, 1.82) is 0 Å². The average Bonchev–Trinajstić information content (AvgIpc) is 2.95. The molecule has 3 nitrogen and oxygen atoms in total. The second kappa shape index (κ2) is 6.64. The van der Waals surface area contributed by atoms with Gasteiger partial charge < -0.3 is 9.52 Å². The highest BCUT2D eigenvalue weighted by atomic mass is 16.4. The molecule has 0 aliphatic carbocycles. The van der Waals surface area contributed by atoms with E-state index < -0.39 is 11.9 Å². The van der Waals surface area contributed by atoms with E-state index >= 15 is 0 Å². The van der Waals surface area contributed by atoms with Crippen molar-refractivity contribution < 1.29 is 14.3 Å². The van der Waals surface area contributed by atoms with E-state index in [1.165, 1.54) is 5.56 Å². The maximum Gasteiger partial charge on any atom is 0.306 e. The molecule has 1 N–H and O–H groups in total. The zero-order chi connectivity index (χ0) is 17.1. The predicted molar refractivity (Wildman–Crippen MR) is 93.9 cm³/mol. The number of aliphatic carboxylic acids is 1. The van der Waals surface area contributed by atoms with Crippen LogP contribution in [0.1, 0.15) is 29.4 Å². The molecule has 120 valence electrons. The van der Waals surface area contributed by atoms with Crippen molar-refractivity contribution in [1.82, 2.24) is 0 Å². The largest absolute Gasteiger partial charge is 0.481 e. The molecular formula is C21H18O3. The number of fused-ring (bicyclic) bond motifs is 1. The zero-order valence-corrected chi connectivity index (χ0v) is 13.7. The minimum atomic E-state index is -0.819. The average molecular weight is 318 g/mol. The Morgan fingerprint density at radius 1 is 1.08 bits per heavy atom. The summed E-state index contributed by atoms with van der Waals surface area (Å²) < 4.78 is 5.71. The molecule has 2 aromatic carbocycles. The van der Waals surface area contributed by atoms with Crippen molar-refractivity contribution in [3.63, 3.8) is 0 Å². The SMILES string of the molecule is Cc1ccc(C#Cc2ccc3oc(CC(C)C(=O)O)cc3c2)cc1. The summed E-state index contributed by atoms with van der Waals surface area (Å²) in [4.78, 5) is 11.0. The van der Waals surface area contributed by atoms with E-state index in [9.17, 15) is 4.79 Å². The van der Waals surface area contributed by atoms with Crippen LogP contribution in [-0.4, -0.2) is 11.1 Å². The van der Waals surface area contributed by atoms with E-state index in [0.717, 1.165) is 22.1 Å². The van der Waals surface area contributed by atoms with Gasteiger partial charge in [0.05, 0.1) is 5.92 Å². The lowest BCUT2D eigenvalue weighted by atomic mass is 10.1. The lowest BCUT2D eigenvalue weighted by molar-refractivity contribution is -0.141. The van der Waals surface area contributed by atoms with Crippen molar-refractivity contribution >= 4 is 16.9 Å². The van der Waals surface area contributed by atoms with E-state index in [1.807, 2.05) is 55.5 Å². The van der Waals surface area contributed by atoms with Crippen LogP contribution in [-0.2, 0) is 11.2 Å².